The molecule has 144 valence electrons. The molecule has 4 nitrogen and oxygen atoms in total. The van der Waals surface area contributed by atoms with Crippen molar-refractivity contribution in [1.29, 1.82) is 0 Å². The number of rotatable bonds is 5. The average molecular weight is 367 g/mol. The molecule has 27 heavy (non-hydrogen) atoms. The van der Waals surface area contributed by atoms with Crippen molar-refractivity contribution in [2.24, 2.45) is 0 Å². The first-order valence-corrected chi connectivity index (χ1v) is 9.86. The van der Waals surface area contributed by atoms with Gasteiger partial charge >= 0.3 is 5.97 Å². The van der Waals surface area contributed by atoms with Gasteiger partial charge in [-0.3, -0.25) is 4.79 Å². The number of hydrogen-bond donors (Lipinski definition) is 1. The van der Waals surface area contributed by atoms with Crippen LogP contribution in [-0.2, 0) is 9.53 Å². The molecule has 1 fully saturated rings. The molecule has 1 aliphatic heterocycles. The van der Waals surface area contributed by atoms with Gasteiger partial charge in [-0.1, -0.05) is 62.6 Å². The Morgan fingerprint density at radius 1 is 1.22 bits per heavy atom. The van der Waals surface area contributed by atoms with Crippen molar-refractivity contribution in [1.82, 2.24) is 0 Å². The van der Waals surface area contributed by atoms with Crippen LogP contribution in [-0.4, -0.2) is 19.2 Å². The SMILES string of the molecule is C1CC1.CCOC(=O)CC(C)c1cc(N)c2c(c1)C(c1ccccc1)CO2. The molecule has 0 radical (unpaired) electrons. The highest BCUT2D eigenvalue weighted by molar-refractivity contribution is 5.71. The zero-order valence-electron chi connectivity index (χ0n) is 16.2. The van der Waals surface area contributed by atoms with Crippen LogP contribution in [0.25, 0.3) is 0 Å². The summed E-state index contributed by atoms with van der Waals surface area (Å²) < 4.78 is 10.9. The number of carbonyl (C=O) groups excluding carboxylic acids is 1. The van der Waals surface area contributed by atoms with E-state index in [4.69, 9.17) is 15.2 Å². The Morgan fingerprint density at radius 2 is 1.93 bits per heavy atom. The molecule has 2 N–H and O–H groups in total. The van der Waals surface area contributed by atoms with E-state index in [1.54, 1.807) is 0 Å². The van der Waals surface area contributed by atoms with Crippen LogP contribution in [0.3, 0.4) is 0 Å². The van der Waals surface area contributed by atoms with E-state index in [1.165, 1.54) is 24.8 Å². The molecule has 2 aromatic rings. The number of nitrogens with two attached hydrogens (primary N) is 1. The number of fused-ring (bicyclic) bond motifs is 1. The fourth-order valence-electron chi connectivity index (χ4n) is 3.21. The zero-order valence-corrected chi connectivity index (χ0v) is 16.2. The fraction of sp³-hybridized carbons (Fsp3) is 0.435. The Kier molecular flexibility index (Phi) is 6.38. The number of anilines is 1. The summed E-state index contributed by atoms with van der Waals surface area (Å²) in [7, 11) is 0. The molecule has 0 spiro atoms. The number of esters is 1. The van der Waals surface area contributed by atoms with E-state index in [2.05, 4.69) is 18.2 Å². The summed E-state index contributed by atoms with van der Waals surface area (Å²) in [4.78, 5) is 11.8. The van der Waals surface area contributed by atoms with Crippen molar-refractivity contribution in [3.8, 4) is 5.75 Å². The van der Waals surface area contributed by atoms with Crippen LogP contribution in [0.5, 0.6) is 5.75 Å². The second-order valence-electron chi connectivity index (χ2n) is 7.27. The van der Waals surface area contributed by atoms with E-state index >= 15 is 0 Å². The van der Waals surface area contributed by atoms with Gasteiger partial charge in [0.15, 0.2) is 0 Å². The smallest absolute Gasteiger partial charge is 0.306 e. The van der Waals surface area contributed by atoms with Gasteiger partial charge in [0.25, 0.3) is 0 Å². The van der Waals surface area contributed by atoms with Gasteiger partial charge in [0.05, 0.1) is 25.3 Å². The van der Waals surface area contributed by atoms with Crippen LogP contribution in [0.1, 0.15) is 68.1 Å². The lowest BCUT2D eigenvalue weighted by molar-refractivity contribution is -0.143. The molecule has 4 rings (SSSR count). The maximum Gasteiger partial charge on any atom is 0.306 e. The van der Waals surface area contributed by atoms with Crippen molar-refractivity contribution < 1.29 is 14.3 Å². The van der Waals surface area contributed by atoms with Crippen LogP contribution >= 0.6 is 0 Å². The third kappa shape index (κ3) is 5.03. The van der Waals surface area contributed by atoms with E-state index in [9.17, 15) is 4.79 Å². The predicted octanol–water partition coefficient (Wildman–Crippen LogP) is 5.02. The van der Waals surface area contributed by atoms with Gasteiger partial charge in [0, 0.05) is 11.5 Å². The maximum atomic E-state index is 11.8. The topological polar surface area (TPSA) is 61.5 Å². The maximum absolute atomic E-state index is 11.8. The average Bonchev–Trinajstić information content (AvgIpc) is 3.48. The van der Waals surface area contributed by atoms with Gasteiger partial charge in [-0.2, -0.15) is 0 Å². The monoisotopic (exact) mass is 367 g/mol. The van der Waals surface area contributed by atoms with E-state index < -0.39 is 0 Å². The third-order valence-corrected chi connectivity index (χ3v) is 4.84. The summed E-state index contributed by atoms with van der Waals surface area (Å²) in [5.41, 5.74) is 10.2. The minimum atomic E-state index is -0.181. The molecule has 2 aromatic carbocycles. The van der Waals surface area contributed by atoms with Crippen LogP contribution in [0.4, 0.5) is 5.69 Å². The lowest BCUT2D eigenvalue weighted by Crippen LogP contribution is -2.09. The van der Waals surface area contributed by atoms with Gasteiger partial charge in [-0.25, -0.2) is 0 Å². The first-order chi connectivity index (χ1) is 13.1. The molecule has 4 heteroatoms. The molecule has 2 unspecified atom stereocenters. The number of hydrogen-bond acceptors (Lipinski definition) is 4. The summed E-state index contributed by atoms with van der Waals surface area (Å²) in [5, 5.41) is 0. The lowest BCUT2D eigenvalue weighted by atomic mass is 9.88. The fourth-order valence-corrected chi connectivity index (χ4v) is 3.21. The Bertz CT molecular complexity index is 768. The summed E-state index contributed by atoms with van der Waals surface area (Å²) in [6.07, 6.45) is 4.85. The molecule has 0 amide bonds. The van der Waals surface area contributed by atoms with E-state index in [0.717, 1.165) is 16.9 Å². The minimum Gasteiger partial charge on any atom is -0.490 e. The zero-order chi connectivity index (χ0) is 19.2. The lowest BCUT2D eigenvalue weighted by Gasteiger charge is -2.15. The van der Waals surface area contributed by atoms with Crippen LogP contribution < -0.4 is 10.5 Å². The first kappa shape index (κ1) is 19.3. The molecular weight excluding hydrogens is 338 g/mol. The highest BCUT2D eigenvalue weighted by atomic mass is 16.5. The van der Waals surface area contributed by atoms with E-state index in [-0.39, 0.29) is 17.8 Å². The van der Waals surface area contributed by atoms with Gasteiger partial charge in [0.2, 0.25) is 0 Å². The Morgan fingerprint density at radius 3 is 2.56 bits per heavy atom. The molecule has 0 bridgehead atoms. The molecule has 1 saturated carbocycles. The summed E-state index contributed by atoms with van der Waals surface area (Å²) >= 11 is 0. The quantitative estimate of drug-likeness (QED) is 0.595. The Labute approximate surface area is 161 Å². The molecule has 1 aliphatic carbocycles. The summed E-state index contributed by atoms with van der Waals surface area (Å²) in [6.45, 7) is 4.84. The van der Waals surface area contributed by atoms with Crippen molar-refractivity contribution >= 4 is 11.7 Å². The van der Waals surface area contributed by atoms with Crippen molar-refractivity contribution in [2.75, 3.05) is 18.9 Å². The van der Waals surface area contributed by atoms with Gasteiger partial charge in [-0.15, -0.1) is 0 Å². The Hall–Kier alpha value is -2.49. The summed E-state index contributed by atoms with van der Waals surface area (Å²) in [6, 6.07) is 14.3. The number of nitrogen functional groups attached to an aromatic ring is 1. The first-order valence-electron chi connectivity index (χ1n) is 9.86. The van der Waals surface area contributed by atoms with Gasteiger partial charge in [-0.05, 0) is 30.0 Å². The second kappa shape index (κ2) is 8.94. The molecule has 0 saturated heterocycles. The molecule has 1 heterocycles. The Balaban J connectivity index is 0.000000637. The largest absolute Gasteiger partial charge is 0.490 e. The highest BCUT2D eigenvalue weighted by Gasteiger charge is 2.29. The minimum absolute atomic E-state index is 0.0497. The predicted molar refractivity (Wildman–Crippen MR) is 108 cm³/mol. The summed E-state index contributed by atoms with van der Waals surface area (Å²) in [5.74, 6) is 0.822. The van der Waals surface area contributed by atoms with Crippen LogP contribution in [0.15, 0.2) is 42.5 Å². The van der Waals surface area contributed by atoms with E-state index in [0.29, 0.717) is 25.3 Å². The van der Waals surface area contributed by atoms with Gasteiger partial charge < -0.3 is 15.2 Å². The van der Waals surface area contributed by atoms with Crippen LogP contribution in [0, 0.1) is 0 Å². The van der Waals surface area contributed by atoms with Crippen molar-refractivity contribution in [2.45, 2.75) is 51.4 Å². The van der Waals surface area contributed by atoms with Crippen molar-refractivity contribution in [3.05, 3.63) is 59.2 Å². The molecule has 2 aliphatic rings. The normalized spacial score (nSPS) is 17.8. The molecule has 0 aromatic heterocycles. The standard InChI is InChI=1S/C20H23NO3.C3H6/c1-3-23-19(22)9-13(2)15-10-16-17(14-7-5-4-6-8-14)12-24-20(16)18(21)11-15;1-2-3-1/h4-8,10-11,13,17H,3,9,12,21H2,1-2H3;1-3H2. The van der Waals surface area contributed by atoms with E-state index in [1.807, 2.05) is 38.1 Å². The second-order valence-corrected chi connectivity index (χ2v) is 7.27. The number of benzene rings is 2. The van der Waals surface area contributed by atoms with Crippen LogP contribution in [0.2, 0.25) is 0 Å². The highest BCUT2D eigenvalue weighted by Crippen LogP contribution is 2.43. The molecule has 2 atom stereocenters. The number of carbonyl (C=O) groups is 1. The van der Waals surface area contributed by atoms with Crippen molar-refractivity contribution in [3.63, 3.8) is 0 Å². The third-order valence-electron chi connectivity index (χ3n) is 4.84. The van der Waals surface area contributed by atoms with Gasteiger partial charge in [0.1, 0.15) is 5.75 Å². The number of ether oxygens (including phenoxy) is 2. The molecular formula is C23H29NO3.